The Morgan fingerprint density at radius 1 is 1.11 bits per heavy atom. The number of amides is 1. The molecule has 0 saturated carbocycles. The average molecular weight is 368 g/mol. The second kappa shape index (κ2) is 7.79. The van der Waals surface area contributed by atoms with Crippen LogP contribution in [0.25, 0.3) is 5.65 Å². The zero-order chi connectivity index (χ0) is 18.6. The number of hydrogen-bond acceptors (Lipinski definition) is 5. The molecule has 7 nitrogen and oxygen atoms in total. The lowest BCUT2D eigenvalue weighted by Crippen LogP contribution is -2.40. The third-order valence-corrected chi connectivity index (χ3v) is 5.00. The van der Waals surface area contributed by atoms with Gasteiger partial charge >= 0.3 is 0 Å². The number of rotatable bonds is 5. The Hall–Kier alpha value is -2.87. The summed E-state index contributed by atoms with van der Waals surface area (Å²) in [5, 5.41) is 14.2. The summed E-state index contributed by atoms with van der Waals surface area (Å²) in [5.74, 6) is -0.438. The van der Waals surface area contributed by atoms with E-state index >= 15 is 0 Å². The molecule has 3 aromatic rings. The van der Waals surface area contributed by atoms with Crippen LogP contribution in [0.2, 0.25) is 0 Å². The second-order valence-corrected chi connectivity index (χ2v) is 6.77. The van der Waals surface area contributed by atoms with Crippen LogP contribution in [0.4, 0.5) is 4.39 Å². The summed E-state index contributed by atoms with van der Waals surface area (Å²) < 4.78 is 14.8. The average Bonchev–Trinajstić information content (AvgIpc) is 3.18. The summed E-state index contributed by atoms with van der Waals surface area (Å²) in [6.45, 7) is 2.42. The third-order valence-electron chi connectivity index (χ3n) is 5.00. The molecule has 1 atom stereocenters. The highest BCUT2D eigenvalue weighted by Crippen LogP contribution is 2.24. The number of aromatic nitrogens is 4. The van der Waals surface area contributed by atoms with Crippen molar-refractivity contribution in [3.8, 4) is 0 Å². The fourth-order valence-corrected chi connectivity index (χ4v) is 3.54. The largest absolute Gasteiger partial charge is 0.350 e. The van der Waals surface area contributed by atoms with Gasteiger partial charge in [0.15, 0.2) is 5.65 Å². The first-order valence-electron chi connectivity index (χ1n) is 9.16. The molecule has 0 radical (unpaired) electrons. The summed E-state index contributed by atoms with van der Waals surface area (Å²) in [7, 11) is 0. The molecule has 0 unspecified atom stereocenters. The number of nitrogens with one attached hydrogen (secondary N) is 1. The Morgan fingerprint density at radius 2 is 1.89 bits per heavy atom. The lowest BCUT2D eigenvalue weighted by molar-refractivity contribution is 0.0924. The summed E-state index contributed by atoms with van der Waals surface area (Å²) >= 11 is 0. The molecule has 4 rings (SSSR count). The Kier molecular flexibility index (Phi) is 5.06. The summed E-state index contributed by atoms with van der Waals surface area (Å²) in [5.41, 5.74) is 2.09. The molecule has 8 heteroatoms. The predicted molar refractivity (Wildman–Crippen MR) is 97.7 cm³/mol. The molecular weight excluding hydrogens is 347 g/mol. The maximum absolute atomic E-state index is 13.3. The lowest BCUT2D eigenvalue weighted by Gasteiger charge is -2.35. The van der Waals surface area contributed by atoms with E-state index < -0.39 is 0 Å². The minimum atomic E-state index is -0.255. The SMILES string of the molecule is O=C(NC[C@H](c1ccc(F)cc1)N1CCCCC1)c1ccc2nnnn2c1. The third kappa shape index (κ3) is 3.95. The minimum Gasteiger partial charge on any atom is -0.350 e. The Bertz CT molecular complexity index is 919. The molecule has 27 heavy (non-hydrogen) atoms. The van der Waals surface area contributed by atoms with Gasteiger partial charge in [0.25, 0.3) is 5.91 Å². The number of fused-ring (bicyclic) bond motifs is 1. The van der Waals surface area contributed by atoms with Crippen molar-refractivity contribution < 1.29 is 9.18 Å². The molecule has 140 valence electrons. The van der Waals surface area contributed by atoms with Crippen LogP contribution in [0.1, 0.15) is 41.2 Å². The van der Waals surface area contributed by atoms with Gasteiger partial charge in [0.1, 0.15) is 5.82 Å². The molecule has 0 spiro atoms. The molecule has 1 aromatic carbocycles. The molecule has 2 aromatic heterocycles. The first-order chi connectivity index (χ1) is 13.2. The van der Waals surface area contributed by atoms with Crippen LogP contribution in [0.15, 0.2) is 42.6 Å². The van der Waals surface area contributed by atoms with Gasteiger partial charge in [-0.25, -0.2) is 4.39 Å². The molecule has 1 saturated heterocycles. The van der Waals surface area contributed by atoms with Crippen LogP contribution >= 0.6 is 0 Å². The van der Waals surface area contributed by atoms with Gasteiger partial charge in [-0.05, 0) is 66.2 Å². The van der Waals surface area contributed by atoms with Crippen LogP contribution in [-0.4, -0.2) is 50.5 Å². The monoisotopic (exact) mass is 368 g/mol. The first kappa shape index (κ1) is 17.5. The maximum atomic E-state index is 13.3. The quantitative estimate of drug-likeness (QED) is 0.747. The highest BCUT2D eigenvalue weighted by molar-refractivity contribution is 5.94. The fraction of sp³-hybridized carbons (Fsp3) is 0.368. The van der Waals surface area contributed by atoms with Crippen molar-refractivity contribution in [1.82, 2.24) is 30.3 Å². The number of carbonyl (C=O) groups is 1. The number of benzene rings is 1. The van der Waals surface area contributed by atoms with Crippen LogP contribution in [0.3, 0.4) is 0 Å². The molecule has 1 amide bonds. The molecule has 1 fully saturated rings. The number of pyridine rings is 1. The number of likely N-dealkylation sites (tertiary alicyclic amines) is 1. The van der Waals surface area contributed by atoms with Crippen LogP contribution in [-0.2, 0) is 0 Å². The van der Waals surface area contributed by atoms with E-state index in [1.165, 1.54) is 23.1 Å². The van der Waals surface area contributed by atoms with Gasteiger partial charge in [-0.3, -0.25) is 9.69 Å². The topological polar surface area (TPSA) is 75.4 Å². The van der Waals surface area contributed by atoms with E-state index in [-0.39, 0.29) is 17.8 Å². The molecular formula is C19H21FN6O. The Balaban J connectivity index is 1.50. The van der Waals surface area contributed by atoms with E-state index in [2.05, 4.69) is 25.7 Å². The van der Waals surface area contributed by atoms with Gasteiger partial charge in [0.2, 0.25) is 0 Å². The molecule has 1 aliphatic heterocycles. The van der Waals surface area contributed by atoms with Crippen LogP contribution in [0, 0.1) is 5.82 Å². The number of carbonyl (C=O) groups excluding carboxylic acids is 1. The van der Waals surface area contributed by atoms with Gasteiger partial charge < -0.3 is 5.32 Å². The maximum Gasteiger partial charge on any atom is 0.252 e. The van der Waals surface area contributed by atoms with E-state index in [0.717, 1.165) is 31.5 Å². The fourth-order valence-electron chi connectivity index (χ4n) is 3.54. The van der Waals surface area contributed by atoms with Crippen LogP contribution in [0.5, 0.6) is 0 Å². The van der Waals surface area contributed by atoms with Crippen molar-refractivity contribution in [2.24, 2.45) is 0 Å². The molecule has 0 aliphatic carbocycles. The Labute approximate surface area is 156 Å². The highest BCUT2D eigenvalue weighted by Gasteiger charge is 2.23. The van der Waals surface area contributed by atoms with Crippen molar-refractivity contribution in [1.29, 1.82) is 0 Å². The first-order valence-corrected chi connectivity index (χ1v) is 9.16. The van der Waals surface area contributed by atoms with E-state index in [1.807, 2.05) is 0 Å². The second-order valence-electron chi connectivity index (χ2n) is 6.77. The van der Waals surface area contributed by atoms with Crippen molar-refractivity contribution >= 4 is 11.6 Å². The number of tetrazole rings is 1. The normalized spacial score (nSPS) is 16.3. The summed E-state index contributed by atoms with van der Waals surface area (Å²) in [4.78, 5) is 15.0. The van der Waals surface area contributed by atoms with E-state index in [4.69, 9.17) is 0 Å². The van der Waals surface area contributed by atoms with Crippen molar-refractivity contribution in [2.45, 2.75) is 25.3 Å². The number of nitrogens with zero attached hydrogens (tertiary/aromatic N) is 5. The molecule has 1 N–H and O–H groups in total. The zero-order valence-corrected chi connectivity index (χ0v) is 14.9. The minimum absolute atomic E-state index is 0.0200. The number of halogens is 1. The molecule has 3 heterocycles. The Morgan fingerprint density at radius 3 is 2.67 bits per heavy atom. The van der Waals surface area contributed by atoms with Gasteiger partial charge in [0.05, 0.1) is 11.6 Å². The van der Waals surface area contributed by atoms with Gasteiger partial charge in [-0.2, -0.15) is 4.52 Å². The van der Waals surface area contributed by atoms with Crippen molar-refractivity contribution in [3.63, 3.8) is 0 Å². The highest BCUT2D eigenvalue weighted by atomic mass is 19.1. The smallest absolute Gasteiger partial charge is 0.252 e. The predicted octanol–water partition coefficient (Wildman–Crippen LogP) is 2.22. The van der Waals surface area contributed by atoms with E-state index in [0.29, 0.717) is 17.8 Å². The molecule has 1 aliphatic rings. The summed E-state index contributed by atoms with van der Waals surface area (Å²) in [6.07, 6.45) is 5.12. The van der Waals surface area contributed by atoms with Crippen molar-refractivity contribution in [2.75, 3.05) is 19.6 Å². The number of piperidine rings is 1. The van der Waals surface area contributed by atoms with Gasteiger partial charge in [-0.1, -0.05) is 18.6 Å². The van der Waals surface area contributed by atoms with Crippen LogP contribution < -0.4 is 5.32 Å². The molecule has 0 bridgehead atoms. The van der Waals surface area contributed by atoms with E-state index in [9.17, 15) is 9.18 Å². The lowest BCUT2D eigenvalue weighted by atomic mass is 10.0. The van der Waals surface area contributed by atoms with E-state index in [1.54, 1.807) is 30.5 Å². The number of hydrogen-bond donors (Lipinski definition) is 1. The summed E-state index contributed by atoms with van der Waals surface area (Å²) in [6, 6.07) is 9.97. The van der Waals surface area contributed by atoms with Crippen molar-refractivity contribution in [3.05, 3.63) is 59.5 Å². The van der Waals surface area contributed by atoms with Gasteiger partial charge in [0, 0.05) is 12.7 Å². The van der Waals surface area contributed by atoms with Gasteiger partial charge in [-0.15, -0.1) is 5.10 Å². The standard InChI is InChI=1S/C19H21FN6O/c20-16-7-4-14(5-8-16)17(25-10-2-1-3-11-25)12-21-19(27)15-6-9-18-22-23-24-26(18)13-15/h4-9,13,17H,1-3,10-12H2,(H,21,27)/t17-/m1/s1. The zero-order valence-electron chi connectivity index (χ0n) is 14.9.